The highest BCUT2D eigenvalue weighted by Gasteiger charge is 2.50. The number of rotatable bonds is 2. The zero-order valence-electron chi connectivity index (χ0n) is 16.4. The van der Waals surface area contributed by atoms with E-state index >= 15 is 0 Å². The van der Waals surface area contributed by atoms with Gasteiger partial charge in [0.15, 0.2) is 0 Å². The molecule has 1 aliphatic heterocycles. The van der Waals surface area contributed by atoms with Crippen molar-refractivity contribution in [2.45, 2.75) is 43.7 Å². The van der Waals surface area contributed by atoms with Gasteiger partial charge in [-0.15, -0.1) is 0 Å². The minimum Gasteiger partial charge on any atom is -0.385 e. The Kier molecular flexibility index (Phi) is 4.55. The lowest BCUT2D eigenvalue weighted by molar-refractivity contribution is -0.110. The standard InChI is InChI=1S/C24H25N3O2/c28-23(18-9-6-11-20-22(18)26-15-14-25-20)27-16-13-24(29,17-7-2-1-3-8-17)19-10-4-5-12-21(19)27/h1-3,6-9,11,14-15,19,21,29H,4-5,10,12-13,16H2/t19-,21?,24+/m0/s1. The maximum Gasteiger partial charge on any atom is 0.256 e. The highest BCUT2D eigenvalue weighted by atomic mass is 16.3. The van der Waals surface area contributed by atoms with E-state index in [-0.39, 0.29) is 17.9 Å². The van der Waals surface area contributed by atoms with Crippen LogP contribution in [0.25, 0.3) is 11.0 Å². The minimum atomic E-state index is -0.873. The Morgan fingerprint density at radius 3 is 2.66 bits per heavy atom. The molecule has 1 N–H and O–H groups in total. The van der Waals surface area contributed by atoms with Gasteiger partial charge in [-0.05, 0) is 37.0 Å². The number of aliphatic hydroxyl groups is 1. The second kappa shape index (κ2) is 7.23. The van der Waals surface area contributed by atoms with E-state index in [1.807, 2.05) is 53.4 Å². The van der Waals surface area contributed by atoms with Crippen molar-refractivity contribution in [3.8, 4) is 0 Å². The predicted octanol–water partition coefficient (Wildman–Crippen LogP) is 3.92. The van der Waals surface area contributed by atoms with Crippen LogP contribution >= 0.6 is 0 Å². The molecule has 1 aromatic heterocycles. The Hall–Kier alpha value is -2.79. The topological polar surface area (TPSA) is 66.3 Å². The molecule has 3 atom stereocenters. The minimum absolute atomic E-state index is 0.00288. The maximum absolute atomic E-state index is 13.6. The van der Waals surface area contributed by atoms with E-state index in [1.54, 1.807) is 12.4 Å². The Bertz CT molecular complexity index is 1030. The molecule has 1 amide bonds. The van der Waals surface area contributed by atoms with E-state index in [0.717, 1.165) is 36.8 Å². The van der Waals surface area contributed by atoms with Gasteiger partial charge in [0.1, 0.15) is 5.52 Å². The molecule has 148 valence electrons. The van der Waals surface area contributed by atoms with Gasteiger partial charge < -0.3 is 10.0 Å². The molecule has 2 aromatic carbocycles. The van der Waals surface area contributed by atoms with Crippen LogP contribution in [0.1, 0.15) is 48.0 Å². The quantitative estimate of drug-likeness (QED) is 0.724. The lowest BCUT2D eigenvalue weighted by atomic mass is 9.66. The van der Waals surface area contributed by atoms with Crippen LogP contribution in [0.4, 0.5) is 0 Å². The first-order valence-electron chi connectivity index (χ1n) is 10.5. The van der Waals surface area contributed by atoms with Crippen molar-refractivity contribution in [3.05, 3.63) is 72.1 Å². The maximum atomic E-state index is 13.6. The van der Waals surface area contributed by atoms with E-state index in [9.17, 15) is 9.90 Å². The summed E-state index contributed by atoms with van der Waals surface area (Å²) in [4.78, 5) is 24.3. The number of fused-ring (bicyclic) bond motifs is 2. The van der Waals surface area contributed by atoms with Gasteiger partial charge in [0.2, 0.25) is 0 Å². The molecule has 1 saturated carbocycles. The molecular formula is C24H25N3O2. The van der Waals surface area contributed by atoms with Crippen molar-refractivity contribution >= 4 is 16.9 Å². The zero-order chi connectivity index (χ0) is 19.8. The largest absolute Gasteiger partial charge is 0.385 e. The summed E-state index contributed by atoms with van der Waals surface area (Å²) in [6, 6.07) is 15.6. The molecule has 5 heteroatoms. The van der Waals surface area contributed by atoms with Crippen LogP contribution in [0.2, 0.25) is 0 Å². The fourth-order valence-corrected chi connectivity index (χ4v) is 5.34. The molecule has 29 heavy (non-hydrogen) atoms. The highest BCUT2D eigenvalue weighted by Crippen LogP contribution is 2.47. The normalized spacial score (nSPS) is 26.9. The van der Waals surface area contributed by atoms with Crippen molar-refractivity contribution < 1.29 is 9.90 Å². The van der Waals surface area contributed by atoms with Gasteiger partial charge in [-0.2, -0.15) is 0 Å². The number of benzene rings is 2. The summed E-state index contributed by atoms with van der Waals surface area (Å²) in [6.45, 7) is 0.544. The van der Waals surface area contributed by atoms with Crippen LogP contribution in [-0.4, -0.2) is 38.5 Å². The first-order chi connectivity index (χ1) is 14.2. The summed E-state index contributed by atoms with van der Waals surface area (Å²) in [7, 11) is 0. The van der Waals surface area contributed by atoms with Gasteiger partial charge in [-0.3, -0.25) is 14.8 Å². The van der Waals surface area contributed by atoms with Crippen LogP contribution in [0.15, 0.2) is 60.9 Å². The van der Waals surface area contributed by atoms with E-state index < -0.39 is 5.60 Å². The molecular weight excluding hydrogens is 362 g/mol. The van der Waals surface area contributed by atoms with Gasteiger partial charge in [-0.25, -0.2) is 0 Å². The summed E-state index contributed by atoms with van der Waals surface area (Å²) >= 11 is 0. The van der Waals surface area contributed by atoms with Crippen molar-refractivity contribution in [2.24, 2.45) is 5.92 Å². The number of amides is 1. The van der Waals surface area contributed by atoms with Crippen molar-refractivity contribution in [1.29, 1.82) is 0 Å². The van der Waals surface area contributed by atoms with Crippen LogP contribution in [0, 0.1) is 5.92 Å². The molecule has 0 spiro atoms. The molecule has 5 nitrogen and oxygen atoms in total. The third kappa shape index (κ3) is 3.01. The third-order valence-corrected chi connectivity index (χ3v) is 6.74. The summed E-state index contributed by atoms with van der Waals surface area (Å²) < 4.78 is 0. The lowest BCUT2D eigenvalue weighted by Crippen LogP contribution is -2.59. The molecule has 1 saturated heterocycles. The molecule has 0 bridgehead atoms. The number of piperidine rings is 1. The van der Waals surface area contributed by atoms with Gasteiger partial charge in [0.05, 0.1) is 16.7 Å². The predicted molar refractivity (Wildman–Crippen MR) is 111 cm³/mol. The van der Waals surface area contributed by atoms with E-state index in [0.29, 0.717) is 24.0 Å². The second-order valence-electron chi connectivity index (χ2n) is 8.23. The van der Waals surface area contributed by atoms with Crippen LogP contribution in [0.5, 0.6) is 0 Å². The Balaban J connectivity index is 1.52. The van der Waals surface area contributed by atoms with Gasteiger partial charge in [0.25, 0.3) is 5.91 Å². The summed E-state index contributed by atoms with van der Waals surface area (Å²) in [5.74, 6) is 0.0560. The second-order valence-corrected chi connectivity index (χ2v) is 8.23. The monoisotopic (exact) mass is 387 g/mol. The smallest absolute Gasteiger partial charge is 0.256 e. The molecule has 2 aliphatic rings. The Morgan fingerprint density at radius 1 is 1.00 bits per heavy atom. The van der Waals surface area contributed by atoms with Gasteiger partial charge in [0, 0.05) is 30.9 Å². The van der Waals surface area contributed by atoms with Gasteiger partial charge in [-0.1, -0.05) is 49.2 Å². The average molecular weight is 387 g/mol. The van der Waals surface area contributed by atoms with E-state index in [2.05, 4.69) is 9.97 Å². The van der Waals surface area contributed by atoms with Crippen LogP contribution < -0.4 is 0 Å². The van der Waals surface area contributed by atoms with Crippen molar-refractivity contribution in [2.75, 3.05) is 6.54 Å². The van der Waals surface area contributed by atoms with Gasteiger partial charge >= 0.3 is 0 Å². The van der Waals surface area contributed by atoms with Crippen LogP contribution in [-0.2, 0) is 5.60 Å². The molecule has 0 radical (unpaired) electrons. The fourth-order valence-electron chi connectivity index (χ4n) is 5.34. The summed E-state index contributed by atoms with van der Waals surface area (Å²) in [5, 5.41) is 11.7. The molecule has 2 heterocycles. The Labute approximate surface area is 170 Å². The summed E-state index contributed by atoms with van der Waals surface area (Å²) in [6.07, 6.45) is 7.89. The Morgan fingerprint density at radius 2 is 1.79 bits per heavy atom. The fraction of sp³-hybridized carbons (Fsp3) is 0.375. The zero-order valence-corrected chi connectivity index (χ0v) is 16.4. The number of hydrogen-bond acceptors (Lipinski definition) is 4. The first-order valence-corrected chi connectivity index (χ1v) is 10.5. The highest BCUT2D eigenvalue weighted by molar-refractivity contribution is 6.04. The van der Waals surface area contributed by atoms with E-state index in [4.69, 9.17) is 0 Å². The number of carbonyl (C=O) groups excluding carboxylic acids is 1. The van der Waals surface area contributed by atoms with E-state index in [1.165, 1.54) is 0 Å². The number of hydrogen-bond donors (Lipinski definition) is 1. The number of likely N-dealkylation sites (tertiary alicyclic amines) is 1. The summed E-state index contributed by atoms with van der Waals surface area (Å²) in [5.41, 5.74) is 2.08. The number of para-hydroxylation sites is 1. The third-order valence-electron chi connectivity index (χ3n) is 6.74. The number of nitrogens with zero attached hydrogens (tertiary/aromatic N) is 3. The van der Waals surface area contributed by atoms with Crippen molar-refractivity contribution in [3.63, 3.8) is 0 Å². The molecule has 1 unspecified atom stereocenters. The SMILES string of the molecule is O=C(c1cccc2nccnc12)N1CC[C@@](O)(c2ccccc2)[C@H]2CCCCC21. The van der Waals surface area contributed by atoms with Crippen molar-refractivity contribution in [1.82, 2.24) is 14.9 Å². The number of carbonyl (C=O) groups is 1. The molecule has 3 aromatic rings. The number of aromatic nitrogens is 2. The first kappa shape index (κ1) is 18.3. The molecule has 1 aliphatic carbocycles. The lowest BCUT2D eigenvalue weighted by Gasteiger charge is -2.52. The van der Waals surface area contributed by atoms with Crippen LogP contribution in [0.3, 0.4) is 0 Å². The molecule has 2 fully saturated rings. The molecule has 5 rings (SSSR count). The average Bonchev–Trinajstić information content (AvgIpc) is 2.79.